The summed E-state index contributed by atoms with van der Waals surface area (Å²) < 4.78 is 5.96. The lowest BCUT2D eigenvalue weighted by molar-refractivity contribution is 0.0133. The summed E-state index contributed by atoms with van der Waals surface area (Å²) in [5.41, 5.74) is 1.77. The van der Waals surface area contributed by atoms with E-state index in [0.29, 0.717) is 12.3 Å². The number of H-pyrrole nitrogens is 1. The van der Waals surface area contributed by atoms with Gasteiger partial charge in [-0.25, -0.2) is 0 Å². The molecule has 0 aliphatic carbocycles. The molecule has 2 saturated heterocycles. The highest BCUT2D eigenvalue weighted by Gasteiger charge is 2.40. The van der Waals surface area contributed by atoms with Gasteiger partial charge >= 0.3 is 0 Å². The van der Waals surface area contributed by atoms with E-state index in [4.69, 9.17) is 4.74 Å². The molecule has 132 valence electrons. The van der Waals surface area contributed by atoms with Crippen molar-refractivity contribution in [2.45, 2.75) is 12.8 Å². The molecule has 4 rings (SSSR count). The van der Waals surface area contributed by atoms with Gasteiger partial charge in [-0.1, -0.05) is 18.2 Å². The van der Waals surface area contributed by atoms with Crippen LogP contribution in [0, 0.1) is 5.41 Å². The van der Waals surface area contributed by atoms with Crippen LogP contribution in [0.2, 0.25) is 0 Å². The van der Waals surface area contributed by atoms with Crippen molar-refractivity contribution in [3.8, 4) is 0 Å². The number of amides is 1. The second-order valence-corrected chi connectivity index (χ2v) is 7.11. The molecule has 1 aromatic heterocycles. The van der Waals surface area contributed by atoms with Crippen LogP contribution in [0.25, 0.3) is 0 Å². The van der Waals surface area contributed by atoms with E-state index in [1.807, 2.05) is 11.0 Å². The predicted octanol–water partition coefficient (Wildman–Crippen LogP) is 2.17. The number of nitrogens with one attached hydrogen (secondary N) is 1. The largest absolute Gasteiger partial charge is 0.379 e. The van der Waals surface area contributed by atoms with E-state index < -0.39 is 0 Å². The zero-order chi connectivity index (χ0) is 17.1. The molecule has 1 spiro atoms. The Balaban J connectivity index is 1.53. The van der Waals surface area contributed by atoms with Gasteiger partial charge in [0.1, 0.15) is 5.69 Å². The number of para-hydroxylation sites is 1. The van der Waals surface area contributed by atoms with Crippen LogP contribution in [0.3, 0.4) is 0 Å². The van der Waals surface area contributed by atoms with E-state index in [-0.39, 0.29) is 11.3 Å². The first-order chi connectivity index (χ1) is 12.3. The second kappa shape index (κ2) is 6.88. The van der Waals surface area contributed by atoms with Crippen molar-refractivity contribution in [2.24, 2.45) is 5.41 Å². The molecule has 1 unspecified atom stereocenters. The van der Waals surface area contributed by atoms with Crippen LogP contribution < -0.4 is 4.90 Å². The van der Waals surface area contributed by atoms with Gasteiger partial charge in [0.2, 0.25) is 0 Å². The maximum atomic E-state index is 12.7. The molecular weight excluding hydrogens is 316 g/mol. The molecule has 2 aromatic rings. The third kappa shape index (κ3) is 3.39. The first-order valence-electron chi connectivity index (χ1n) is 8.92. The van der Waals surface area contributed by atoms with Gasteiger partial charge in [-0.05, 0) is 31.0 Å². The van der Waals surface area contributed by atoms with Crippen LogP contribution in [0.1, 0.15) is 23.3 Å². The highest BCUT2D eigenvalue weighted by Crippen LogP contribution is 2.35. The molecular formula is C19H24N4O2. The van der Waals surface area contributed by atoms with Crippen molar-refractivity contribution >= 4 is 11.6 Å². The Kier molecular flexibility index (Phi) is 4.44. The molecule has 1 aromatic carbocycles. The van der Waals surface area contributed by atoms with Gasteiger partial charge in [-0.2, -0.15) is 5.10 Å². The summed E-state index contributed by atoms with van der Waals surface area (Å²) in [5.74, 6) is 0.0343. The average Bonchev–Trinajstić information content (AvgIpc) is 3.12. The average molecular weight is 340 g/mol. The Morgan fingerprint density at radius 3 is 2.84 bits per heavy atom. The molecule has 1 amide bonds. The summed E-state index contributed by atoms with van der Waals surface area (Å²) in [6, 6.07) is 12.2. The van der Waals surface area contributed by atoms with Gasteiger partial charge in [-0.3, -0.25) is 9.89 Å². The molecule has 2 aliphatic heterocycles. The van der Waals surface area contributed by atoms with E-state index in [1.165, 1.54) is 5.69 Å². The first kappa shape index (κ1) is 16.1. The van der Waals surface area contributed by atoms with Crippen molar-refractivity contribution in [3.63, 3.8) is 0 Å². The number of anilines is 1. The minimum Gasteiger partial charge on any atom is -0.379 e. The maximum absolute atomic E-state index is 12.7. The number of carbonyl (C=O) groups excluding carboxylic acids is 1. The van der Waals surface area contributed by atoms with Gasteiger partial charge in [0.15, 0.2) is 0 Å². The van der Waals surface area contributed by atoms with Crippen LogP contribution in [0.4, 0.5) is 5.69 Å². The lowest BCUT2D eigenvalue weighted by Gasteiger charge is -2.43. The monoisotopic (exact) mass is 340 g/mol. The number of nitrogens with zero attached hydrogens (tertiary/aromatic N) is 3. The minimum absolute atomic E-state index is 0.0136. The molecule has 1 N–H and O–H groups in total. The fraction of sp³-hybridized carbons (Fsp3) is 0.474. The lowest BCUT2D eigenvalue weighted by atomic mass is 9.80. The summed E-state index contributed by atoms with van der Waals surface area (Å²) in [6.45, 7) is 4.78. The summed E-state index contributed by atoms with van der Waals surface area (Å²) in [7, 11) is 0. The predicted molar refractivity (Wildman–Crippen MR) is 95.6 cm³/mol. The zero-order valence-electron chi connectivity index (χ0n) is 14.4. The van der Waals surface area contributed by atoms with Crippen molar-refractivity contribution in [3.05, 3.63) is 48.3 Å². The van der Waals surface area contributed by atoms with Gasteiger partial charge in [0.25, 0.3) is 5.91 Å². The maximum Gasteiger partial charge on any atom is 0.271 e. The van der Waals surface area contributed by atoms with Gasteiger partial charge in [0, 0.05) is 43.5 Å². The number of rotatable bonds is 2. The Labute approximate surface area is 147 Å². The Bertz CT molecular complexity index is 703. The zero-order valence-corrected chi connectivity index (χ0v) is 14.4. The Morgan fingerprint density at radius 2 is 2.04 bits per heavy atom. The first-order valence-corrected chi connectivity index (χ1v) is 8.92. The number of piperidine rings is 1. The highest BCUT2D eigenvalue weighted by molar-refractivity contribution is 5.92. The molecule has 0 radical (unpaired) electrons. The van der Waals surface area contributed by atoms with Gasteiger partial charge < -0.3 is 14.5 Å². The summed E-state index contributed by atoms with van der Waals surface area (Å²) in [5, 5.41) is 6.69. The van der Waals surface area contributed by atoms with Crippen LogP contribution in [0.5, 0.6) is 0 Å². The Hall–Kier alpha value is -2.34. The lowest BCUT2D eigenvalue weighted by Crippen LogP contribution is -2.52. The van der Waals surface area contributed by atoms with Crippen LogP contribution in [0.15, 0.2) is 42.6 Å². The van der Waals surface area contributed by atoms with Crippen LogP contribution in [-0.2, 0) is 4.74 Å². The van der Waals surface area contributed by atoms with Gasteiger partial charge in [0.05, 0.1) is 13.2 Å². The van der Waals surface area contributed by atoms with Crippen molar-refractivity contribution in [1.29, 1.82) is 0 Å². The number of hydrogen-bond acceptors (Lipinski definition) is 4. The van der Waals surface area contributed by atoms with Crippen molar-refractivity contribution in [2.75, 3.05) is 44.3 Å². The van der Waals surface area contributed by atoms with Crippen LogP contribution in [-0.4, -0.2) is 60.4 Å². The number of hydrogen-bond donors (Lipinski definition) is 1. The van der Waals surface area contributed by atoms with Crippen molar-refractivity contribution < 1.29 is 9.53 Å². The molecule has 1 atom stereocenters. The molecule has 3 heterocycles. The molecule has 2 aliphatic rings. The van der Waals surface area contributed by atoms with E-state index in [2.05, 4.69) is 39.4 Å². The fourth-order valence-electron chi connectivity index (χ4n) is 4.03. The number of aromatic nitrogens is 2. The highest BCUT2D eigenvalue weighted by atomic mass is 16.5. The van der Waals surface area contributed by atoms with Gasteiger partial charge in [-0.15, -0.1) is 0 Å². The Morgan fingerprint density at radius 1 is 1.16 bits per heavy atom. The second-order valence-electron chi connectivity index (χ2n) is 7.11. The number of likely N-dealkylation sites (tertiary alicyclic amines) is 1. The smallest absolute Gasteiger partial charge is 0.271 e. The molecule has 6 nitrogen and oxygen atoms in total. The fourth-order valence-corrected chi connectivity index (χ4v) is 4.03. The minimum atomic E-state index is -0.0136. The van der Waals surface area contributed by atoms with Crippen molar-refractivity contribution in [1.82, 2.24) is 15.1 Å². The van der Waals surface area contributed by atoms with E-state index >= 15 is 0 Å². The van der Waals surface area contributed by atoms with E-state index in [1.54, 1.807) is 12.3 Å². The quantitative estimate of drug-likeness (QED) is 0.910. The molecule has 25 heavy (non-hydrogen) atoms. The third-order valence-corrected chi connectivity index (χ3v) is 5.24. The number of aromatic amines is 1. The topological polar surface area (TPSA) is 61.5 Å². The molecule has 6 heteroatoms. The normalized spacial score (nSPS) is 24.3. The standard InChI is InChI=1S/C19H24N4O2/c24-18(17-7-9-20-21-17)23-10-4-8-19(14-23)13-22(11-12-25-15-19)16-5-2-1-3-6-16/h1-3,5-7,9H,4,8,10-15H2,(H,20,21). The third-order valence-electron chi connectivity index (χ3n) is 5.24. The molecule has 2 fully saturated rings. The van der Waals surface area contributed by atoms with Crippen LogP contribution >= 0.6 is 0 Å². The van der Waals surface area contributed by atoms with E-state index in [0.717, 1.165) is 45.6 Å². The molecule has 0 saturated carbocycles. The number of ether oxygens (including phenoxy) is 1. The summed E-state index contributed by atoms with van der Waals surface area (Å²) in [4.78, 5) is 17.1. The summed E-state index contributed by atoms with van der Waals surface area (Å²) >= 11 is 0. The number of carbonyl (C=O) groups is 1. The molecule has 0 bridgehead atoms. The van der Waals surface area contributed by atoms with E-state index in [9.17, 15) is 4.79 Å². The summed E-state index contributed by atoms with van der Waals surface area (Å²) in [6.07, 6.45) is 3.72. The number of benzene rings is 1. The SMILES string of the molecule is O=C(c1ccn[nH]1)N1CCCC2(COCCN(c3ccccc3)C2)C1.